The van der Waals surface area contributed by atoms with E-state index < -0.39 is 10.0 Å². The largest absolute Gasteiger partial charge is 0.467 e. The predicted molar refractivity (Wildman–Crippen MR) is 114 cm³/mol. The lowest BCUT2D eigenvalue weighted by molar-refractivity contribution is -0.130. The summed E-state index contributed by atoms with van der Waals surface area (Å²) in [6.07, 6.45) is 1.96. The molecule has 0 aliphatic carbocycles. The van der Waals surface area contributed by atoms with Gasteiger partial charge in [0.25, 0.3) is 10.0 Å². The molecule has 0 unspecified atom stereocenters. The summed E-state index contributed by atoms with van der Waals surface area (Å²) in [7, 11) is -3.79. The Balaban J connectivity index is 1.70. The Kier molecular flexibility index (Phi) is 5.17. The minimum absolute atomic E-state index is 0.215. The minimum Gasteiger partial charge on any atom is -0.467 e. The number of benzene rings is 2. The molecule has 30 heavy (non-hydrogen) atoms. The van der Waals surface area contributed by atoms with E-state index in [0.717, 1.165) is 0 Å². The normalized spacial score (nSPS) is 16.4. The van der Waals surface area contributed by atoms with Crippen molar-refractivity contribution in [3.8, 4) is 0 Å². The van der Waals surface area contributed by atoms with Gasteiger partial charge in [0.05, 0.1) is 22.6 Å². The highest BCUT2D eigenvalue weighted by molar-refractivity contribution is 7.92. The molecule has 0 spiro atoms. The van der Waals surface area contributed by atoms with Gasteiger partial charge in [-0.05, 0) is 36.8 Å². The molecule has 0 bridgehead atoms. The SMILES string of the molecule is CC(=O)N1N=C(c2ccccc2NS(=O)(=O)c2ccccc2C)C[C@@H]1c1ccco1. The van der Waals surface area contributed by atoms with Gasteiger partial charge in [-0.15, -0.1) is 0 Å². The number of hydrazone groups is 1. The van der Waals surface area contributed by atoms with Crippen LogP contribution in [0, 0.1) is 6.92 Å². The standard InChI is InChI=1S/C22H21N3O4S/c1-15-8-3-6-12-22(15)30(27,28)24-18-10-5-4-9-17(18)19-14-20(21-11-7-13-29-21)25(23-19)16(2)26/h3-13,20,24H,14H2,1-2H3/t20-/m1/s1. The van der Waals surface area contributed by atoms with Gasteiger partial charge in [0.15, 0.2) is 0 Å². The maximum Gasteiger partial charge on any atom is 0.262 e. The molecule has 4 rings (SSSR count). The first-order valence-electron chi connectivity index (χ1n) is 9.45. The summed E-state index contributed by atoms with van der Waals surface area (Å²) in [6, 6.07) is 17.0. The third kappa shape index (κ3) is 3.73. The summed E-state index contributed by atoms with van der Waals surface area (Å²) in [5.41, 5.74) is 2.29. The molecular formula is C22H21N3O4S. The van der Waals surface area contributed by atoms with Crippen LogP contribution < -0.4 is 4.72 Å². The number of anilines is 1. The second-order valence-electron chi connectivity index (χ2n) is 7.06. The topological polar surface area (TPSA) is 92.0 Å². The number of carbonyl (C=O) groups is 1. The van der Waals surface area contributed by atoms with Crippen LogP contribution in [-0.4, -0.2) is 25.0 Å². The van der Waals surface area contributed by atoms with Crippen molar-refractivity contribution in [1.29, 1.82) is 0 Å². The van der Waals surface area contributed by atoms with Crippen LogP contribution in [0.3, 0.4) is 0 Å². The average Bonchev–Trinajstić information content (AvgIpc) is 3.38. The Morgan fingerprint density at radius 1 is 1.10 bits per heavy atom. The molecule has 1 aliphatic rings. The summed E-state index contributed by atoms with van der Waals surface area (Å²) < 4.78 is 34.1. The maximum atomic E-state index is 13.0. The summed E-state index contributed by atoms with van der Waals surface area (Å²) in [5.74, 6) is 0.409. The van der Waals surface area contributed by atoms with Gasteiger partial charge in [0, 0.05) is 18.9 Å². The van der Waals surface area contributed by atoms with Crippen LogP contribution in [0.15, 0.2) is 81.3 Å². The zero-order valence-corrected chi connectivity index (χ0v) is 17.4. The number of furan rings is 1. The molecular weight excluding hydrogens is 402 g/mol. The highest BCUT2D eigenvalue weighted by Crippen LogP contribution is 2.35. The number of sulfonamides is 1. The van der Waals surface area contributed by atoms with Gasteiger partial charge >= 0.3 is 0 Å². The van der Waals surface area contributed by atoms with Gasteiger partial charge in [0.2, 0.25) is 5.91 Å². The molecule has 1 amide bonds. The monoisotopic (exact) mass is 423 g/mol. The van der Waals surface area contributed by atoms with Crippen LogP contribution >= 0.6 is 0 Å². The highest BCUT2D eigenvalue weighted by Gasteiger charge is 2.34. The Morgan fingerprint density at radius 2 is 1.83 bits per heavy atom. The number of nitrogens with zero attached hydrogens (tertiary/aromatic N) is 2. The van der Waals surface area contributed by atoms with Gasteiger partial charge < -0.3 is 4.42 Å². The van der Waals surface area contributed by atoms with E-state index in [1.807, 2.05) is 6.07 Å². The fourth-order valence-electron chi connectivity index (χ4n) is 3.55. The first kappa shape index (κ1) is 19.9. The zero-order valence-electron chi connectivity index (χ0n) is 16.6. The number of hydrogen-bond donors (Lipinski definition) is 1. The van der Waals surface area contributed by atoms with Crippen molar-refractivity contribution in [3.05, 3.63) is 83.8 Å². The maximum absolute atomic E-state index is 13.0. The van der Waals surface area contributed by atoms with Crippen LogP contribution in [0.1, 0.15) is 36.3 Å². The molecule has 0 fully saturated rings. The summed E-state index contributed by atoms with van der Waals surface area (Å²) >= 11 is 0. The molecule has 8 heteroatoms. The Labute approximate surface area is 175 Å². The van der Waals surface area contributed by atoms with Gasteiger partial charge in [-0.2, -0.15) is 5.10 Å². The Bertz CT molecular complexity index is 1220. The summed E-state index contributed by atoms with van der Waals surface area (Å²) in [5, 5.41) is 5.86. The summed E-state index contributed by atoms with van der Waals surface area (Å²) in [6.45, 7) is 3.19. The van der Waals surface area contributed by atoms with Crippen molar-refractivity contribution in [2.24, 2.45) is 5.10 Å². The molecule has 1 atom stereocenters. The van der Waals surface area contributed by atoms with E-state index in [9.17, 15) is 13.2 Å². The first-order chi connectivity index (χ1) is 14.4. The Morgan fingerprint density at radius 3 is 2.53 bits per heavy atom. The fourth-order valence-corrected chi connectivity index (χ4v) is 4.87. The van der Waals surface area contributed by atoms with Crippen LogP contribution in [0.25, 0.3) is 0 Å². The van der Waals surface area contributed by atoms with E-state index in [1.165, 1.54) is 11.9 Å². The van der Waals surface area contributed by atoms with Crippen molar-refractivity contribution in [3.63, 3.8) is 0 Å². The van der Waals surface area contributed by atoms with Crippen molar-refractivity contribution < 1.29 is 17.6 Å². The lowest BCUT2D eigenvalue weighted by atomic mass is 10.0. The number of hydrogen-bond acceptors (Lipinski definition) is 5. The number of aryl methyl sites for hydroxylation is 1. The number of carbonyl (C=O) groups excluding carboxylic acids is 1. The first-order valence-corrected chi connectivity index (χ1v) is 10.9. The molecule has 2 heterocycles. The van der Waals surface area contributed by atoms with Crippen molar-refractivity contribution in [1.82, 2.24) is 5.01 Å². The van der Waals surface area contributed by atoms with Crippen LogP contribution in [-0.2, 0) is 14.8 Å². The van der Waals surface area contributed by atoms with Gasteiger partial charge in [0.1, 0.15) is 11.8 Å². The van der Waals surface area contributed by atoms with E-state index in [-0.39, 0.29) is 16.8 Å². The van der Waals surface area contributed by atoms with E-state index in [2.05, 4.69) is 9.82 Å². The zero-order chi connectivity index (χ0) is 21.3. The van der Waals surface area contributed by atoms with Gasteiger partial charge in [-0.25, -0.2) is 13.4 Å². The molecule has 0 saturated carbocycles. The van der Waals surface area contributed by atoms with Gasteiger partial charge in [-0.1, -0.05) is 36.4 Å². The van der Waals surface area contributed by atoms with E-state index in [4.69, 9.17) is 4.42 Å². The lowest BCUT2D eigenvalue weighted by Crippen LogP contribution is -2.23. The number of para-hydroxylation sites is 1. The smallest absolute Gasteiger partial charge is 0.262 e. The van der Waals surface area contributed by atoms with E-state index in [0.29, 0.717) is 34.7 Å². The number of rotatable bonds is 5. The van der Waals surface area contributed by atoms with Crippen LogP contribution in [0.4, 0.5) is 5.69 Å². The second kappa shape index (κ2) is 7.79. The summed E-state index contributed by atoms with van der Waals surface area (Å²) in [4.78, 5) is 12.3. The molecule has 0 radical (unpaired) electrons. The molecule has 1 aromatic heterocycles. The predicted octanol–water partition coefficient (Wildman–Crippen LogP) is 4.09. The quantitative estimate of drug-likeness (QED) is 0.669. The highest BCUT2D eigenvalue weighted by atomic mass is 32.2. The molecule has 1 N–H and O–H groups in total. The molecule has 1 aliphatic heterocycles. The lowest BCUT2D eigenvalue weighted by Gasteiger charge is -2.17. The average molecular weight is 423 g/mol. The van der Waals surface area contributed by atoms with Crippen molar-refractivity contribution in [2.45, 2.75) is 31.2 Å². The van der Waals surface area contributed by atoms with Crippen molar-refractivity contribution >= 4 is 27.3 Å². The number of amides is 1. The molecule has 154 valence electrons. The Hall–Kier alpha value is -3.39. The molecule has 0 saturated heterocycles. The van der Waals surface area contributed by atoms with E-state index >= 15 is 0 Å². The van der Waals surface area contributed by atoms with Crippen LogP contribution in [0.2, 0.25) is 0 Å². The minimum atomic E-state index is -3.79. The number of nitrogens with one attached hydrogen (secondary N) is 1. The second-order valence-corrected chi connectivity index (χ2v) is 8.71. The van der Waals surface area contributed by atoms with Crippen molar-refractivity contribution in [2.75, 3.05) is 4.72 Å². The third-order valence-electron chi connectivity index (χ3n) is 4.97. The molecule has 7 nitrogen and oxygen atoms in total. The van der Waals surface area contributed by atoms with Gasteiger partial charge in [-0.3, -0.25) is 9.52 Å². The van der Waals surface area contributed by atoms with Crippen LogP contribution in [0.5, 0.6) is 0 Å². The molecule has 2 aromatic carbocycles. The third-order valence-corrected chi connectivity index (χ3v) is 6.50. The van der Waals surface area contributed by atoms with E-state index in [1.54, 1.807) is 67.8 Å². The molecule has 3 aromatic rings. The fraction of sp³-hybridized carbons (Fsp3) is 0.182.